The van der Waals surface area contributed by atoms with Gasteiger partial charge in [-0.15, -0.1) is 22.7 Å². The Kier molecular flexibility index (Phi) is 3.69. The number of piperidine rings is 1. The van der Waals surface area contributed by atoms with Gasteiger partial charge in [-0.2, -0.15) is 0 Å². The van der Waals surface area contributed by atoms with Gasteiger partial charge in [0.25, 0.3) is 5.91 Å². The van der Waals surface area contributed by atoms with Gasteiger partial charge < -0.3 is 9.80 Å². The number of thiophene rings is 1. The Hall–Kier alpha value is -1.73. The van der Waals surface area contributed by atoms with Gasteiger partial charge in [-0.25, -0.2) is 4.98 Å². The van der Waals surface area contributed by atoms with Crippen molar-refractivity contribution in [2.24, 2.45) is 5.92 Å². The minimum absolute atomic E-state index is 0.0183. The van der Waals surface area contributed by atoms with E-state index in [1.807, 2.05) is 39.7 Å². The summed E-state index contributed by atoms with van der Waals surface area (Å²) in [5.74, 6) is 0.576. The Labute approximate surface area is 142 Å². The molecule has 5 nitrogen and oxygen atoms in total. The maximum Gasteiger partial charge on any atom is 0.273 e. The molecule has 2 atom stereocenters. The molecule has 2 aromatic rings. The smallest absolute Gasteiger partial charge is 0.273 e. The van der Waals surface area contributed by atoms with Crippen LogP contribution < -0.4 is 0 Å². The van der Waals surface area contributed by atoms with E-state index in [0.29, 0.717) is 31.1 Å². The number of hydrogen-bond donors (Lipinski definition) is 0. The lowest BCUT2D eigenvalue weighted by Gasteiger charge is -2.36. The standard InChI is InChI=1S/C16H17N3O2S2/c1-18-12-8-19(5-4-10(12)7-14(18)20)16(21)11-9-23-15(17-11)13-3-2-6-22-13/h2-3,6,9-10,12H,4-5,7-8H2,1H3/t10-,12-/m1/s1. The molecule has 2 fully saturated rings. The van der Waals surface area contributed by atoms with Crippen LogP contribution in [0.15, 0.2) is 22.9 Å². The Morgan fingerprint density at radius 3 is 3.04 bits per heavy atom. The molecule has 23 heavy (non-hydrogen) atoms. The van der Waals surface area contributed by atoms with Gasteiger partial charge in [-0.3, -0.25) is 9.59 Å². The van der Waals surface area contributed by atoms with Crippen molar-refractivity contribution in [1.82, 2.24) is 14.8 Å². The fourth-order valence-corrected chi connectivity index (χ4v) is 5.05. The number of carbonyl (C=O) groups is 2. The maximum absolute atomic E-state index is 12.7. The van der Waals surface area contributed by atoms with Crippen LogP contribution in [0.3, 0.4) is 0 Å². The molecule has 4 heterocycles. The molecule has 2 aliphatic rings. The van der Waals surface area contributed by atoms with Crippen LogP contribution in [-0.2, 0) is 4.79 Å². The lowest BCUT2D eigenvalue weighted by Crippen LogP contribution is -2.49. The normalized spacial score (nSPS) is 24.1. The second kappa shape index (κ2) is 5.72. The van der Waals surface area contributed by atoms with Gasteiger partial charge in [-0.05, 0) is 23.8 Å². The van der Waals surface area contributed by atoms with Gasteiger partial charge in [-0.1, -0.05) is 6.07 Å². The molecule has 4 rings (SSSR count). The van der Waals surface area contributed by atoms with Gasteiger partial charge in [0.05, 0.1) is 10.9 Å². The van der Waals surface area contributed by atoms with E-state index in [1.54, 1.807) is 11.3 Å². The molecular weight excluding hydrogens is 330 g/mol. The molecular formula is C16H17N3O2S2. The van der Waals surface area contributed by atoms with E-state index >= 15 is 0 Å². The SMILES string of the molecule is CN1C(=O)C[C@H]2CCN(C(=O)c3csc(-c4cccs4)n3)C[C@H]21. The van der Waals surface area contributed by atoms with Crippen molar-refractivity contribution in [1.29, 1.82) is 0 Å². The van der Waals surface area contributed by atoms with E-state index in [9.17, 15) is 9.59 Å². The summed E-state index contributed by atoms with van der Waals surface area (Å²) >= 11 is 3.14. The van der Waals surface area contributed by atoms with E-state index in [4.69, 9.17) is 0 Å². The van der Waals surface area contributed by atoms with E-state index in [2.05, 4.69) is 4.98 Å². The van der Waals surface area contributed by atoms with Crippen LogP contribution in [-0.4, -0.2) is 52.8 Å². The van der Waals surface area contributed by atoms with E-state index in [-0.39, 0.29) is 17.9 Å². The Morgan fingerprint density at radius 1 is 1.39 bits per heavy atom. The van der Waals surface area contributed by atoms with Gasteiger partial charge in [0.15, 0.2) is 0 Å². The van der Waals surface area contributed by atoms with Crippen LogP contribution in [0.4, 0.5) is 0 Å². The summed E-state index contributed by atoms with van der Waals surface area (Å²) in [4.78, 5) is 33.8. The van der Waals surface area contributed by atoms with Crippen molar-refractivity contribution in [3.8, 4) is 9.88 Å². The molecule has 0 spiro atoms. The Morgan fingerprint density at radius 2 is 2.26 bits per heavy atom. The molecule has 120 valence electrons. The van der Waals surface area contributed by atoms with Gasteiger partial charge in [0.2, 0.25) is 5.91 Å². The maximum atomic E-state index is 12.7. The van der Waals surface area contributed by atoms with Crippen molar-refractivity contribution >= 4 is 34.5 Å². The number of aromatic nitrogens is 1. The largest absolute Gasteiger partial charge is 0.341 e. The van der Waals surface area contributed by atoms with Crippen molar-refractivity contribution in [2.75, 3.05) is 20.1 Å². The monoisotopic (exact) mass is 347 g/mol. The number of likely N-dealkylation sites (N-methyl/N-ethyl adjacent to an activating group) is 1. The predicted molar refractivity (Wildman–Crippen MR) is 90.6 cm³/mol. The lowest BCUT2D eigenvalue weighted by atomic mass is 9.92. The third-order valence-electron chi connectivity index (χ3n) is 4.79. The number of thiazole rings is 1. The summed E-state index contributed by atoms with van der Waals surface area (Å²) in [6.45, 7) is 1.34. The second-order valence-corrected chi connectivity index (χ2v) is 7.90. The molecule has 0 saturated carbocycles. The number of fused-ring (bicyclic) bond motifs is 1. The number of hydrogen-bond acceptors (Lipinski definition) is 5. The lowest BCUT2D eigenvalue weighted by molar-refractivity contribution is -0.127. The second-order valence-electron chi connectivity index (χ2n) is 6.09. The first kappa shape index (κ1) is 14.8. The summed E-state index contributed by atoms with van der Waals surface area (Å²) in [7, 11) is 1.85. The predicted octanol–water partition coefficient (Wildman–Crippen LogP) is 2.56. The molecule has 0 N–H and O–H groups in total. The van der Waals surface area contributed by atoms with Crippen LogP contribution in [0.2, 0.25) is 0 Å². The summed E-state index contributed by atoms with van der Waals surface area (Å²) in [5, 5.41) is 4.74. The minimum atomic E-state index is -0.0183. The minimum Gasteiger partial charge on any atom is -0.341 e. The summed E-state index contributed by atoms with van der Waals surface area (Å²) in [6.07, 6.45) is 1.52. The van der Waals surface area contributed by atoms with Crippen LogP contribution in [0, 0.1) is 5.92 Å². The van der Waals surface area contributed by atoms with Gasteiger partial charge >= 0.3 is 0 Å². The van der Waals surface area contributed by atoms with Crippen LogP contribution >= 0.6 is 22.7 Å². The van der Waals surface area contributed by atoms with Gasteiger partial charge in [0, 0.05) is 31.9 Å². The van der Waals surface area contributed by atoms with E-state index in [1.165, 1.54) is 11.3 Å². The van der Waals surface area contributed by atoms with Crippen molar-refractivity contribution in [3.05, 3.63) is 28.6 Å². The topological polar surface area (TPSA) is 53.5 Å². The summed E-state index contributed by atoms with van der Waals surface area (Å²) in [6, 6.07) is 4.17. The van der Waals surface area contributed by atoms with Crippen molar-refractivity contribution in [3.63, 3.8) is 0 Å². The number of likely N-dealkylation sites (tertiary alicyclic amines) is 2. The molecule has 0 radical (unpaired) electrons. The zero-order valence-electron chi connectivity index (χ0n) is 12.8. The summed E-state index contributed by atoms with van der Waals surface area (Å²) < 4.78 is 0. The summed E-state index contributed by atoms with van der Waals surface area (Å²) in [5.41, 5.74) is 0.517. The molecule has 2 amide bonds. The Bertz CT molecular complexity index is 740. The zero-order chi connectivity index (χ0) is 16.0. The quantitative estimate of drug-likeness (QED) is 0.839. The highest BCUT2D eigenvalue weighted by molar-refractivity contribution is 7.20. The molecule has 2 saturated heterocycles. The zero-order valence-corrected chi connectivity index (χ0v) is 14.4. The van der Waals surface area contributed by atoms with E-state index in [0.717, 1.165) is 16.3 Å². The first-order chi connectivity index (χ1) is 11.1. The third-order valence-corrected chi connectivity index (χ3v) is 6.67. The average Bonchev–Trinajstić information content (AvgIpc) is 3.28. The van der Waals surface area contributed by atoms with Crippen molar-refractivity contribution in [2.45, 2.75) is 18.9 Å². The fraction of sp³-hybridized carbons (Fsp3) is 0.438. The van der Waals surface area contributed by atoms with Crippen LogP contribution in [0.1, 0.15) is 23.3 Å². The third kappa shape index (κ3) is 2.57. The van der Waals surface area contributed by atoms with Crippen LogP contribution in [0.25, 0.3) is 9.88 Å². The number of carbonyl (C=O) groups excluding carboxylic acids is 2. The first-order valence-electron chi connectivity index (χ1n) is 7.68. The Balaban J connectivity index is 1.50. The molecule has 0 unspecified atom stereocenters. The highest BCUT2D eigenvalue weighted by Crippen LogP contribution is 2.33. The number of amides is 2. The molecule has 2 aliphatic heterocycles. The molecule has 0 aliphatic carbocycles. The molecule has 2 aromatic heterocycles. The number of rotatable bonds is 2. The fourth-order valence-electron chi connectivity index (χ4n) is 3.44. The first-order valence-corrected chi connectivity index (χ1v) is 9.44. The highest BCUT2D eigenvalue weighted by atomic mass is 32.1. The van der Waals surface area contributed by atoms with Crippen molar-refractivity contribution < 1.29 is 9.59 Å². The van der Waals surface area contributed by atoms with Crippen LogP contribution in [0.5, 0.6) is 0 Å². The van der Waals surface area contributed by atoms with Gasteiger partial charge in [0.1, 0.15) is 10.7 Å². The molecule has 7 heteroatoms. The number of nitrogens with zero attached hydrogens (tertiary/aromatic N) is 3. The average molecular weight is 347 g/mol. The molecule has 0 bridgehead atoms. The highest BCUT2D eigenvalue weighted by Gasteiger charge is 2.42. The van der Waals surface area contributed by atoms with E-state index < -0.39 is 0 Å². The molecule has 0 aromatic carbocycles.